The van der Waals surface area contributed by atoms with Crippen molar-refractivity contribution in [2.24, 2.45) is 0 Å². The van der Waals surface area contributed by atoms with Gasteiger partial charge in [0.15, 0.2) is 0 Å². The fraction of sp³-hybridized carbons (Fsp3) is 0.250. The van der Waals surface area contributed by atoms with Gasteiger partial charge in [0.2, 0.25) is 0 Å². The minimum atomic E-state index is 0.131. The van der Waals surface area contributed by atoms with Gasteiger partial charge in [-0.1, -0.05) is 24.3 Å². The summed E-state index contributed by atoms with van der Waals surface area (Å²) in [6, 6.07) is 14.5. The van der Waals surface area contributed by atoms with Gasteiger partial charge in [0.1, 0.15) is 0 Å². The molecule has 0 radical (unpaired) electrons. The Hall–Kier alpha value is -1.84. The Morgan fingerprint density at radius 3 is 2.42 bits per heavy atom. The zero-order chi connectivity index (χ0) is 13.2. The molecule has 1 aromatic heterocycles. The Kier molecular flexibility index (Phi) is 3.23. The first kappa shape index (κ1) is 12.2. The first-order valence-corrected chi connectivity index (χ1v) is 6.56. The first-order chi connectivity index (χ1) is 9.35. The van der Waals surface area contributed by atoms with Crippen LogP contribution in [0.1, 0.15) is 5.56 Å². The molecule has 0 atom stereocenters. The number of rotatable bonds is 4. The summed E-state index contributed by atoms with van der Waals surface area (Å²) < 4.78 is 2.15. The van der Waals surface area contributed by atoms with Crippen LogP contribution in [0.25, 0.3) is 21.8 Å². The van der Waals surface area contributed by atoms with Gasteiger partial charge in [-0.05, 0) is 30.2 Å². The van der Waals surface area contributed by atoms with Crippen LogP contribution in [0.4, 0.5) is 0 Å². The molecule has 3 nitrogen and oxygen atoms in total. The van der Waals surface area contributed by atoms with Gasteiger partial charge in [-0.15, -0.1) is 0 Å². The number of hydrogen-bond donors (Lipinski definition) is 2. The highest BCUT2D eigenvalue weighted by Gasteiger charge is 2.10. The summed E-state index contributed by atoms with van der Waals surface area (Å²) in [6.45, 7) is 0.899. The number of nitrogens with zero attached hydrogens (tertiary/aromatic N) is 1. The van der Waals surface area contributed by atoms with Crippen LogP contribution in [-0.2, 0) is 13.0 Å². The van der Waals surface area contributed by atoms with Crippen molar-refractivity contribution in [2.75, 3.05) is 13.2 Å². The maximum Gasteiger partial charge on any atom is 0.0610 e. The molecular formula is C16H17NO2. The standard InChI is InChI=1S/C16H17NO2/c18-9-7-12-5-6-16-14(11-12)13-3-1-2-4-15(13)17(16)8-10-19/h1-6,11,18-19H,7-10H2. The molecule has 0 aliphatic carbocycles. The van der Waals surface area contributed by atoms with Crippen molar-refractivity contribution in [2.45, 2.75) is 13.0 Å². The monoisotopic (exact) mass is 255 g/mol. The lowest BCUT2D eigenvalue weighted by Gasteiger charge is -2.05. The largest absolute Gasteiger partial charge is 0.396 e. The maximum atomic E-state index is 9.24. The summed E-state index contributed by atoms with van der Waals surface area (Å²) in [7, 11) is 0. The molecule has 1 heterocycles. The summed E-state index contributed by atoms with van der Waals surface area (Å²) in [5.41, 5.74) is 3.42. The highest BCUT2D eigenvalue weighted by Crippen LogP contribution is 2.29. The van der Waals surface area contributed by atoms with Gasteiger partial charge in [-0.3, -0.25) is 0 Å². The second kappa shape index (κ2) is 5.03. The SMILES string of the molecule is OCCc1ccc2c(c1)c1ccccc1n2CCO. The Morgan fingerprint density at radius 2 is 1.63 bits per heavy atom. The molecular weight excluding hydrogens is 238 g/mol. The van der Waals surface area contributed by atoms with Crippen LogP contribution in [0.2, 0.25) is 0 Å². The summed E-state index contributed by atoms with van der Waals surface area (Å²) in [4.78, 5) is 0. The Balaban J connectivity index is 2.32. The van der Waals surface area contributed by atoms with Crippen LogP contribution in [0, 0.1) is 0 Å². The Morgan fingerprint density at radius 1 is 0.842 bits per heavy atom. The van der Waals surface area contributed by atoms with Crippen LogP contribution in [0.15, 0.2) is 42.5 Å². The molecule has 0 bridgehead atoms. The molecule has 2 aromatic carbocycles. The molecule has 3 aromatic rings. The molecule has 0 saturated heterocycles. The summed E-state index contributed by atoms with van der Waals surface area (Å²) >= 11 is 0. The van der Waals surface area contributed by atoms with Crippen molar-refractivity contribution in [3.63, 3.8) is 0 Å². The zero-order valence-corrected chi connectivity index (χ0v) is 10.7. The third-order valence-electron chi connectivity index (χ3n) is 3.56. The van der Waals surface area contributed by atoms with Crippen molar-refractivity contribution in [1.29, 1.82) is 0 Å². The van der Waals surface area contributed by atoms with Crippen molar-refractivity contribution in [3.05, 3.63) is 48.0 Å². The lowest BCUT2D eigenvalue weighted by atomic mass is 10.1. The highest BCUT2D eigenvalue weighted by molar-refractivity contribution is 6.08. The van der Waals surface area contributed by atoms with E-state index in [1.54, 1.807) is 0 Å². The third-order valence-corrected chi connectivity index (χ3v) is 3.56. The van der Waals surface area contributed by atoms with Gasteiger partial charge in [0, 0.05) is 35.0 Å². The van der Waals surface area contributed by atoms with E-state index >= 15 is 0 Å². The van der Waals surface area contributed by atoms with E-state index in [1.807, 2.05) is 18.2 Å². The van der Waals surface area contributed by atoms with Crippen molar-refractivity contribution in [3.8, 4) is 0 Å². The summed E-state index contributed by atoms with van der Waals surface area (Å²) in [5.74, 6) is 0. The molecule has 0 spiro atoms. The van der Waals surface area contributed by atoms with Crippen LogP contribution in [-0.4, -0.2) is 28.0 Å². The smallest absolute Gasteiger partial charge is 0.0610 e. The summed E-state index contributed by atoms with van der Waals surface area (Å²) in [6.07, 6.45) is 0.676. The van der Waals surface area contributed by atoms with Crippen LogP contribution in [0.5, 0.6) is 0 Å². The van der Waals surface area contributed by atoms with E-state index < -0.39 is 0 Å². The highest BCUT2D eigenvalue weighted by atomic mass is 16.3. The van der Waals surface area contributed by atoms with Gasteiger partial charge in [-0.25, -0.2) is 0 Å². The molecule has 3 rings (SSSR count). The number of fused-ring (bicyclic) bond motifs is 3. The molecule has 0 amide bonds. The quantitative estimate of drug-likeness (QED) is 0.751. The van der Waals surface area contributed by atoms with Crippen molar-refractivity contribution in [1.82, 2.24) is 4.57 Å². The van der Waals surface area contributed by atoms with Gasteiger partial charge < -0.3 is 14.8 Å². The van der Waals surface area contributed by atoms with E-state index in [0.29, 0.717) is 13.0 Å². The number of aromatic nitrogens is 1. The normalized spacial score (nSPS) is 11.5. The fourth-order valence-corrected chi connectivity index (χ4v) is 2.73. The van der Waals surface area contributed by atoms with E-state index in [0.717, 1.165) is 16.6 Å². The predicted octanol–water partition coefficient (Wildman–Crippen LogP) is 2.32. The topological polar surface area (TPSA) is 45.4 Å². The average molecular weight is 255 g/mol. The third kappa shape index (κ3) is 2.01. The molecule has 0 aliphatic heterocycles. The minimum absolute atomic E-state index is 0.131. The number of aliphatic hydroxyl groups is 2. The second-order valence-electron chi connectivity index (χ2n) is 4.72. The predicted molar refractivity (Wildman–Crippen MR) is 77.3 cm³/mol. The molecule has 0 fully saturated rings. The average Bonchev–Trinajstić information content (AvgIpc) is 2.75. The van der Waals surface area contributed by atoms with Gasteiger partial charge >= 0.3 is 0 Å². The summed E-state index contributed by atoms with van der Waals surface area (Å²) in [5, 5.41) is 20.7. The maximum absolute atomic E-state index is 9.24. The zero-order valence-electron chi connectivity index (χ0n) is 10.7. The Labute approximate surface area is 111 Å². The second-order valence-corrected chi connectivity index (χ2v) is 4.72. The van der Waals surface area contributed by atoms with Crippen LogP contribution < -0.4 is 0 Å². The number of hydrogen-bond acceptors (Lipinski definition) is 2. The van der Waals surface area contributed by atoms with Crippen molar-refractivity contribution < 1.29 is 10.2 Å². The van der Waals surface area contributed by atoms with Crippen LogP contribution >= 0.6 is 0 Å². The van der Waals surface area contributed by atoms with E-state index in [-0.39, 0.29) is 13.2 Å². The Bertz CT molecular complexity index is 715. The van der Waals surface area contributed by atoms with Gasteiger partial charge in [0.25, 0.3) is 0 Å². The molecule has 19 heavy (non-hydrogen) atoms. The molecule has 3 heteroatoms. The molecule has 2 N–H and O–H groups in total. The van der Waals surface area contributed by atoms with E-state index in [2.05, 4.69) is 28.8 Å². The molecule has 0 unspecified atom stereocenters. The van der Waals surface area contributed by atoms with Crippen molar-refractivity contribution >= 4 is 21.8 Å². The molecule has 98 valence electrons. The van der Waals surface area contributed by atoms with E-state index in [9.17, 15) is 5.11 Å². The van der Waals surface area contributed by atoms with Gasteiger partial charge in [-0.2, -0.15) is 0 Å². The van der Waals surface area contributed by atoms with E-state index in [1.165, 1.54) is 10.8 Å². The number of benzene rings is 2. The number of aliphatic hydroxyl groups excluding tert-OH is 2. The lowest BCUT2D eigenvalue weighted by Crippen LogP contribution is -2.01. The number of para-hydroxylation sites is 1. The van der Waals surface area contributed by atoms with Crippen LogP contribution in [0.3, 0.4) is 0 Å². The first-order valence-electron chi connectivity index (χ1n) is 6.56. The lowest BCUT2D eigenvalue weighted by molar-refractivity contribution is 0.280. The van der Waals surface area contributed by atoms with E-state index in [4.69, 9.17) is 5.11 Å². The molecule has 0 aliphatic rings. The fourth-order valence-electron chi connectivity index (χ4n) is 2.73. The molecule has 0 saturated carbocycles. The van der Waals surface area contributed by atoms with Gasteiger partial charge in [0.05, 0.1) is 6.61 Å². The minimum Gasteiger partial charge on any atom is -0.396 e.